The highest BCUT2D eigenvalue weighted by Gasteiger charge is 2.25. The van der Waals surface area contributed by atoms with Gasteiger partial charge in [-0.2, -0.15) is 11.8 Å². The normalized spacial score (nSPS) is 14.1. The van der Waals surface area contributed by atoms with Gasteiger partial charge in [0.2, 0.25) is 0 Å². The first-order chi connectivity index (χ1) is 10.2. The number of thioether (sulfide) groups is 1. The molecular formula is C18H31NOS. The van der Waals surface area contributed by atoms with Crippen molar-refractivity contribution in [2.75, 3.05) is 18.9 Å². The summed E-state index contributed by atoms with van der Waals surface area (Å²) in [4.78, 5) is 0. The first-order valence-electron chi connectivity index (χ1n) is 8.15. The minimum Gasteiger partial charge on any atom is -0.394 e. The Labute approximate surface area is 134 Å². The molecule has 0 heterocycles. The van der Waals surface area contributed by atoms with Crippen LogP contribution in [0.3, 0.4) is 0 Å². The Bertz CT molecular complexity index is 391. The summed E-state index contributed by atoms with van der Waals surface area (Å²) in [6.07, 6.45) is 4.32. The van der Waals surface area contributed by atoms with E-state index in [-0.39, 0.29) is 12.1 Å². The molecule has 3 heteroatoms. The van der Waals surface area contributed by atoms with Gasteiger partial charge in [0.15, 0.2) is 0 Å². The molecule has 1 rings (SSSR count). The van der Waals surface area contributed by atoms with Crippen LogP contribution in [0.5, 0.6) is 0 Å². The minimum absolute atomic E-state index is 0.0695. The number of aliphatic hydroxyl groups is 1. The van der Waals surface area contributed by atoms with Crippen LogP contribution in [0.15, 0.2) is 24.3 Å². The lowest BCUT2D eigenvalue weighted by molar-refractivity contribution is 0.146. The van der Waals surface area contributed by atoms with Crippen LogP contribution in [-0.4, -0.2) is 29.5 Å². The first-order valence-corrected chi connectivity index (χ1v) is 9.30. The fraction of sp³-hybridized carbons (Fsp3) is 0.667. The van der Waals surface area contributed by atoms with E-state index in [9.17, 15) is 5.11 Å². The van der Waals surface area contributed by atoms with Gasteiger partial charge in [-0.05, 0) is 50.5 Å². The highest BCUT2D eigenvalue weighted by atomic mass is 32.2. The Balaban J connectivity index is 2.28. The Morgan fingerprint density at radius 2 is 2.10 bits per heavy atom. The zero-order chi connectivity index (χ0) is 15.6. The van der Waals surface area contributed by atoms with Gasteiger partial charge in [-0.1, -0.05) is 43.7 Å². The molecule has 2 nitrogen and oxygen atoms in total. The van der Waals surface area contributed by atoms with Gasteiger partial charge in [0.1, 0.15) is 0 Å². The van der Waals surface area contributed by atoms with Crippen molar-refractivity contribution in [3.8, 4) is 0 Å². The number of hydrogen-bond donors (Lipinski definition) is 2. The van der Waals surface area contributed by atoms with Gasteiger partial charge >= 0.3 is 0 Å². The Hall–Kier alpha value is -0.510. The summed E-state index contributed by atoms with van der Waals surface area (Å²) in [5.41, 5.74) is 2.68. The van der Waals surface area contributed by atoms with Crippen LogP contribution in [0, 0.1) is 6.92 Å². The van der Waals surface area contributed by atoms with Crippen molar-refractivity contribution in [3.05, 3.63) is 35.4 Å². The van der Waals surface area contributed by atoms with Gasteiger partial charge in [-0.25, -0.2) is 0 Å². The zero-order valence-corrected chi connectivity index (χ0v) is 14.6. The molecule has 2 N–H and O–H groups in total. The fourth-order valence-corrected chi connectivity index (χ4v) is 3.44. The second kappa shape index (κ2) is 10.3. The summed E-state index contributed by atoms with van der Waals surface area (Å²) in [7, 11) is 0. The van der Waals surface area contributed by atoms with E-state index < -0.39 is 0 Å². The van der Waals surface area contributed by atoms with Crippen LogP contribution in [0.4, 0.5) is 0 Å². The van der Waals surface area contributed by atoms with E-state index in [1.165, 1.54) is 11.1 Å². The molecule has 0 bridgehead atoms. The fourth-order valence-electron chi connectivity index (χ4n) is 2.53. The number of hydrogen-bond acceptors (Lipinski definition) is 3. The van der Waals surface area contributed by atoms with Gasteiger partial charge in [-0.3, -0.25) is 0 Å². The molecule has 0 spiro atoms. The van der Waals surface area contributed by atoms with E-state index in [2.05, 4.69) is 50.4 Å². The minimum atomic E-state index is -0.0695. The molecule has 0 fully saturated rings. The molecule has 1 unspecified atom stereocenters. The predicted octanol–water partition coefficient (Wildman–Crippen LogP) is 4.15. The van der Waals surface area contributed by atoms with E-state index in [0.717, 1.165) is 43.7 Å². The number of aryl methyl sites for hydroxylation is 1. The molecule has 0 aliphatic heterocycles. The highest BCUT2D eigenvalue weighted by molar-refractivity contribution is 7.98. The Morgan fingerprint density at radius 1 is 1.29 bits per heavy atom. The molecule has 1 aromatic rings. The second-order valence-electron chi connectivity index (χ2n) is 5.86. The van der Waals surface area contributed by atoms with Crippen molar-refractivity contribution < 1.29 is 5.11 Å². The smallest absolute Gasteiger partial charge is 0.0613 e. The molecule has 120 valence electrons. The van der Waals surface area contributed by atoms with Gasteiger partial charge in [0.25, 0.3) is 0 Å². The van der Waals surface area contributed by atoms with Gasteiger partial charge in [-0.15, -0.1) is 0 Å². The largest absolute Gasteiger partial charge is 0.394 e. The lowest BCUT2D eigenvalue weighted by atomic mass is 9.91. The third-order valence-electron chi connectivity index (χ3n) is 4.02. The molecule has 0 aromatic heterocycles. The molecule has 0 radical (unpaired) electrons. The van der Waals surface area contributed by atoms with Crippen molar-refractivity contribution in [1.82, 2.24) is 5.32 Å². The average Bonchev–Trinajstić information content (AvgIpc) is 2.50. The first kappa shape index (κ1) is 18.5. The van der Waals surface area contributed by atoms with Crippen molar-refractivity contribution in [3.63, 3.8) is 0 Å². The van der Waals surface area contributed by atoms with E-state index in [1.54, 1.807) is 0 Å². The number of aliphatic hydroxyl groups excluding tert-OH is 1. The average molecular weight is 310 g/mol. The Morgan fingerprint density at radius 3 is 2.71 bits per heavy atom. The van der Waals surface area contributed by atoms with E-state index in [0.29, 0.717) is 0 Å². The molecule has 0 saturated carbocycles. The molecule has 0 amide bonds. The summed E-state index contributed by atoms with van der Waals surface area (Å²) in [6, 6.07) is 8.74. The lowest BCUT2D eigenvalue weighted by Crippen LogP contribution is -2.48. The molecular weight excluding hydrogens is 278 g/mol. The zero-order valence-electron chi connectivity index (χ0n) is 13.8. The van der Waals surface area contributed by atoms with Crippen LogP contribution < -0.4 is 5.32 Å². The molecule has 0 aliphatic carbocycles. The summed E-state index contributed by atoms with van der Waals surface area (Å²) < 4.78 is 0. The van der Waals surface area contributed by atoms with Gasteiger partial charge in [0.05, 0.1) is 6.61 Å². The third kappa shape index (κ3) is 6.86. The molecule has 0 aliphatic rings. The van der Waals surface area contributed by atoms with E-state index >= 15 is 0 Å². The lowest BCUT2D eigenvalue weighted by Gasteiger charge is -2.32. The quantitative estimate of drug-likeness (QED) is 0.602. The van der Waals surface area contributed by atoms with E-state index in [1.807, 2.05) is 11.8 Å². The third-order valence-corrected chi connectivity index (χ3v) is 5.14. The summed E-state index contributed by atoms with van der Waals surface area (Å²) in [5.74, 6) is 2.24. The number of nitrogens with one attached hydrogen (secondary N) is 1. The number of benzene rings is 1. The van der Waals surface area contributed by atoms with Crippen molar-refractivity contribution in [2.45, 2.75) is 57.7 Å². The van der Waals surface area contributed by atoms with Crippen LogP contribution in [0.25, 0.3) is 0 Å². The standard InChI is InChI=1S/C18H31NOS/c1-4-11-19-18(5-2,15-20)10-7-12-21-14-17-9-6-8-16(3)13-17/h6,8-9,13,19-20H,4-5,7,10-12,14-15H2,1-3H3. The van der Waals surface area contributed by atoms with Crippen molar-refractivity contribution in [1.29, 1.82) is 0 Å². The Kier molecular flexibility index (Phi) is 9.05. The maximum Gasteiger partial charge on any atom is 0.0613 e. The predicted molar refractivity (Wildman–Crippen MR) is 95.0 cm³/mol. The summed E-state index contributed by atoms with van der Waals surface area (Å²) in [5, 5.41) is 13.2. The van der Waals surface area contributed by atoms with Crippen LogP contribution >= 0.6 is 11.8 Å². The maximum atomic E-state index is 9.70. The summed E-state index contributed by atoms with van der Waals surface area (Å²) >= 11 is 1.99. The van der Waals surface area contributed by atoms with E-state index in [4.69, 9.17) is 0 Å². The van der Waals surface area contributed by atoms with Crippen LogP contribution in [0.1, 0.15) is 50.7 Å². The number of rotatable bonds is 11. The summed E-state index contributed by atoms with van der Waals surface area (Å²) in [6.45, 7) is 7.71. The van der Waals surface area contributed by atoms with Crippen LogP contribution in [-0.2, 0) is 5.75 Å². The highest BCUT2D eigenvalue weighted by Crippen LogP contribution is 2.21. The topological polar surface area (TPSA) is 32.3 Å². The van der Waals surface area contributed by atoms with Gasteiger partial charge in [0, 0.05) is 11.3 Å². The van der Waals surface area contributed by atoms with Crippen molar-refractivity contribution >= 4 is 11.8 Å². The monoisotopic (exact) mass is 309 g/mol. The van der Waals surface area contributed by atoms with Gasteiger partial charge < -0.3 is 10.4 Å². The molecule has 1 aromatic carbocycles. The molecule has 0 saturated heterocycles. The molecule has 21 heavy (non-hydrogen) atoms. The maximum absolute atomic E-state index is 9.70. The second-order valence-corrected chi connectivity index (χ2v) is 6.97. The molecule has 1 atom stereocenters. The SMILES string of the molecule is CCCNC(CC)(CO)CCCSCc1cccc(C)c1. The van der Waals surface area contributed by atoms with Crippen molar-refractivity contribution in [2.24, 2.45) is 0 Å². The van der Waals surface area contributed by atoms with Crippen LogP contribution in [0.2, 0.25) is 0 Å².